The maximum absolute atomic E-state index is 10.9. The van der Waals surface area contributed by atoms with Crippen LogP contribution in [0.5, 0.6) is 0 Å². The smallest absolute Gasteiger partial charge is 0.147 e. The molecule has 0 aliphatic heterocycles. The fourth-order valence-corrected chi connectivity index (χ4v) is 3.23. The molecule has 0 spiro atoms. The lowest BCUT2D eigenvalue weighted by molar-refractivity contribution is 0.390. The average molecular weight is 239 g/mol. The van der Waals surface area contributed by atoms with E-state index in [-0.39, 0.29) is 0 Å². The van der Waals surface area contributed by atoms with Crippen LogP contribution in [0.1, 0.15) is 32.6 Å². The number of hydrogen-bond donors (Lipinski definition) is 0. The summed E-state index contributed by atoms with van der Waals surface area (Å²) in [6.45, 7) is 2.18. The van der Waals surface area contributed by atoms with Crippen LogP contribution in [-0.2, 0) is 9.84 Å². The fraction of sp³-hybridized carbons (Fsp3) is 1.00. The molecule has 0 saturated heterocycles. The summed E-state index contributed by atoms with van der Waals surface area (Å²) in [7, 11) is -2.78. The standard InChI is InChI=1S/C10H19ClO2S/c1-8-9(5-6-10(8)11)4-3-7-14(2,12)13/h8-10H,3-7H2,1-2H3. The highest BCUT2D eigenvalue weighted by molar-refractivity contribution is 7.90. The van der Waals surface area contributed by atoms with Crippen LogP contribution in [0.15, 0.2) is 0 Å². The number of alkyl halides is 1. The predicted molar refractivity (Wildman–Crippen MR) is 60.5 cm³/mol. The van der Waals surface area contributed by atoms with Crippen molar-refractivity contribution in [2.45, 2.75) is 38.0 Å². The van der Waals surface area contributed by atoms with Crippen molar-refractivity contribution in [2.75, 3.05) is 12.0 Å². The van der Waals surface area contributed by atoms with Gasteiger partial charge in [-0.2, -0.15) is 0 Å². The highest BCUT2D eigenvalue weighted by Crippen LogP contribution is 2.37. The van der Waals surface area contributed by atoms with E-state index in [9.17, 15) is 8.42 Å². The lowest BCUT2D eigenvalue weighted by atomic mass is 9.93. The Labute approximate surface area is 91.9 Å². The van der Waals surface area contributed by atoms with E-state index >= 15 is 0 Å². The first kappa shape index (κ1) is 12.3. The Bertz CT molecular complexity index is 274. The van der Waals surface area contributed by atoms with E-state index in [1.54, 1.807) is 0 Å². The second-order valence-corrected chi connectivity index (χ2v) is 7.30. The molecule has 3 unspecified atom stereocenters. The number of halogens is 1. The quantitative estimate of drug-likeness (QED) is 0.706. The normalized spacial score (nSPS) is 33.5. The zero-order valence-corrected chi connectivity index (χ0v) is 10.4. The zero-order chi connectivity index (χ0) is 10.8. The van der Waals surface area contributed by atoms with E-state index in [0.717, 1.165) is 19.3 Å². The number of rotatable bonds is 4. The summed E-state index contributed by atoms with van der Waals surface area (Å²) >= 11 is 6.11. The number of hydrogen-bond acceptors (Lipinski definition) is 2. The molecule has 1 aliphatic rings. The molecule has 1 aliphatic carbocycles. The summed E-state index contributed by atoms with van der Waals surface area (Å²) in [5.74, 6) is 1.51. The first-order valence-corrected chi connectivity index (χ1v) is 7.71. The summed E-state index contributed by atoms with van der Waals surface area (Å²) in [6, 6.07) is 0. The van der Waals surface area contributed by atoms with Crippen molar-refractivity contribution in [1.29, 1.82) is 0 Å². The maximum Gasteiger partial charge on any atom is 0.147 e. The lowest BCUT2D eigenvalue weighted by Gasteiger charge is -2.16. The Hall–Kier alpha value is 0.240. The van der Waals surface area contributed by atoms with Crippen molar-refractivity contribution < 1.29 is 8.42 Å². The van der Waals surface area contributed by atoms with Crippen molar-refractivity contribution in [1.82, 2.24) is 0 Å². The molecular weight excluding hydrogens is 220 g/mol. The first-order valence-electron chi connectivity index (χ1n) is 5.22. The largest absolute Gasteiger partial charge is 0.229 e. The van der Waals surface area contributed by atoms with Gasteiger partial charge in [0, 0.05) is 17.4 Å². The molecule has 0 aromatic heterocycles. The molecule has 0 heterocycles. The van der Waals surface area contributed by atoms with Crippen LogP contribution in [0.4, 0.5) is 0 Å². The van der Waals surface area contributed by atoms with Crippen molar-refractivity contribution in [2.24, 2.45) is 11.8 Å². The lowest BCUT2D eigenvalue weighted by Crippen LogP contribution is -2.12. The Morgan fingerprint density at radius 1 is 1.36 bits per heavy atom. The van der Waals surface area contributed by atoms with Gasteiger partial charge in [-0.15, -0.1) is 11.6 Å². The summed E-state index contributed by atoms with van der Waals surface area (Å²) in [5, 5.41) is 0.304. The van der Waals surface area contributed by atoms with Crippen molar-refractivity contribution in [3.63, 3.8) is 0 Å². The van der Waals surface area contributed by atoms with Gasteiger partial charge in [-0.3, -0.25) is 0 Å². The van der Waals surface area contributed by atoms with Gasteiger partial charge < -0.3 is 0 Å². The minimum absolute atomic E-state index is 0.304. The Kier molecular flexibility index (Phi) is 4.26. The molecule has 0 aromatic carbocycles. The van der Waals surface area contributed by atoms with Crippen LogP contribution in [0.3, 0.4) is 0 Å². The molecule has 1 fully saturated rings. The van der Waals surface area contributed by atoms with E-state index in [4.69, 9.17) is 11.6 Å². The molecule has 0 N–H and O–H groups in total. The predicted octanol–water partition coefficient (Wildman–Crippen LogP) is 2.46. The van der Waals surface area contributed by atoms with Gasteiger partial charge in [0.2, 0.25) is 0 Å². The first-order chi connectivity index (χ1) is 6.40. The molecule has 1 saturated carbocycles. The van der Waals surface area contributed by atoms with Crippen LogP contribution in [0.2, 0.25) is 0 Å². The van der Waals surface area contributed by atoms with E-state index in [2.05, 4.69) is 6.92 Å². The van der Waals surface area contributed by atoms with Gasteiger partial charge in [-0.05, 0) is 37.5 Å². The molecular formula is C10H19ClO2S. The van der Waals surface area contributed by atoms with Gasteiger partial charge in [-0.1, -0.05) is 6.92 Å². The minimum Gasteiger partial charge on any atom is -0.229 e. The van der Waals surface area contributed by atoms with Gasteiger partial charge >= 0.3 is 0 Å². The van der Waals surface area contributed by atoms with E-state index in [1.807, 2.05) is 0 Å². The molecule has 84 valence electrons. The van der Waals surface area contributed by atoms with Gasteiger partial charge in [0.25, 0.3) is 0 Å². The summed E-state index contributed by atoms with van der Waals surface area (Å²) in [6.07, 6.45) is 5.36. The van der Waals surface area contributed by atoms with Crippen molar-refractivity contribution in [3.8, 4) is 0 Å². The van der Waals surface area contributed by atoms with Crippen LogP contribution >= 0.6 is 11.6 Å². The van der Waals surface area contributed by atoms with Crippen molar-refractivity contribution >= 4 is 21.4 Å². The highest BCUT2D eigenvalue weighted by atomic mass is 35.5. The second kappa shape index (κ2) is 4.84. The minimum atomic E-state index is -2.78. The van der Waals surface area contributed by atoms with Crippen LogP contribution in [0.25, 0.3) is 0 Å². The third kappa shape index (κ3) is 3.77. The SMILES string of the molecule is CC1C(Cl)CCC1CCCS(C)(=O)=O. The molecule has 14 heavy (non-hydrogen) atoms. The van der Waals surface area contributed by atoms with Gasteiger partial charge in [0.15, 0.2) is 0 Å². The van der Waals surface area contributed by atoms with E-state index < -0.39 is 9.84 Å². The molecule has 0 bridgehead atoms. The Balaban J connectivity index is 2.26. The van der Waals surface area contributed by atoms with Crippen LogP contribution < -0.4 is 0 Å². The van der Waals surface area contributed by atoms with Crippen LogP contribution in [0, 0.1) is 11.8 Å². The fourth-order valence-electron chi connectivity index (χ4n) is 2.21. The molecule has 2 nitrogen and oxygen atoms in total. The van der Waals surface area contributed by atoms with Gasteiger partial charge in [0.1, 0.15) is 9.84 Å². The summed E-state index contributed by atoms with van der Waals surface area (Å²) < 4.78 is 21.8. The molecule has 4 heteroatoms. The molecule has 0 radical (unpaired) electrons. The maximum atomic E-state index is 10.9. The van der Waals surface area contributed by atoms with Gasteiger partial charge in [-0.25, -0.2) is 8.42 Å². The third-order valence-electron chi connectivity index (χ3n) is 3.22. The second-order valence-electron chi connectivity index (χ2n) is 4.48. The molecule has 3 atom stereocenters. The van der Waals surface area contributed by atoms with E-state index in [0.29, 0.717) is 23.0 Å². The summed E-state index contributed by atoms with van der Waals surface area (Å²) in [4.78, 5) is 0. The van der Waals surface area contributed by atoms with Crippen LogP contribution in [-0.4, -0.2) is 25.8 Å². The highest BCUT2D eigenvalue weighted by Gasteiger charge is 2.30. The Morgan fingerprint density at radius 2 is 2.00 bits per heavy atom. The Morgan fingerprint density at radius 3 is 2.43 bits per heavy atom. The topological polar surface area (TPSA) is 34.1 Å². The average Bonchev–Trinajstić information content (AvgIpc) is 2.33. The number of sulfone groups is 1. The molecule has 0 amide bonds. The van der Waals surface area contributed by atoms with Crippen molar-refractivity contribution in [3.05, 3.63) is 0 Å². The monoisotopic (exact) mass is 238 g/mol. The van der Waals surface area contributed by atoms with Gasteiger partial charge in [0.05, 0.1) is 0 Å². The zero-order valence-electron chi connectivity index (χ0n) is 8.87. The summed E-state index contributed by atoms with van der Waals surface area (Å²) in [5.41, 5.74) is 0. The molecule has 0 aromatic rings. The third-order valence-corrected chi connectivity index (χ3v) is 4.86. The molecule has 1 rings (SSSR count). The van der Waals surface area contributed by atoms with E-state index in [1.165, 1.54) is 12.7 Å².